The molecule has 0 saturated heterocycles. The lowest BCUT2D eigenvalue weighted by atomic mass is 10.0. The average molecular weight is 511 g/mol. The Morgan fingerprint density at radius 2 is 1.71 bits per heavy atom. The molecule has 0 spiro atoms. The maximum Gasteiger partial charge on any atom is 0.243 e. The third-order valence-electron chi connectivity index (χ3n) is 5.55. The van der Waals surface area contributed by atoms with Crippen LogP contribution in [0.3, 0.4) is 0 Å². The Balaban J connectivity index is 1.85. The zero-order chi connectivity index (χ0) is 25.0. The quantitative estimate of drug-likeness (QED) is 0.356. The first-order chi connectivity index (χ1) is 17.0. The molecule has 7 heteroatoms. The highest BCUT2D eigenvalue weighted by molar-refractivity contribution is 7.99. The maximum atomic E-state index is 13.6. The molecule has 3 rings (SSSR count). The number of benzene rings is 3. The fraction of sp³-hybridized carbons (Fsp3) is 0.286. The van der Waals surface area contributed by atoms with Crippen molar-refractivity contribution in [2.75, 3.05) is 19.4 Å². The van der Waals surface area contributed by atoms with E-state index in [-0.39, 0.29) is 17.6 Å². The van der Waals surface area contributed by atoms with Crippen LogP contribution in [0.1, 0.15) is 23.6 Å². The van der Waals surface area contributed by atoms with Crippen LogP contribution >= 0.6 is 23.4 Å². The molecule has 2 amide bonds. The van der Waals surface area contributed by atoms with Crippen LogP contribution < -0.4 is 10.1 Å². The van der Waals surface area contributed by atoms with Crippen LogP contribution in [0.25, 0.3) is 0 Å². The van der Waals surface area contributed by atoms with Gasteiger partial charge in [0.05, 0.1) is 12.9 Å². The number of hydrogen-bond donors (Lipinski definition) is 1. The minimum absolute atomic E-state index is 0.0999. The normalized spacial score (nSPS) is 11.5. The van der Waals surface area contributed by atoms with Gasteiger partial charge in [0.15, 0.2) is 0 Å². The van der Waals surface area contributed by atoms with Gasteiger partial charge in [-0.1, -0.05) is 72.3 Å². The Kier molecular flexibility index (Phi) is 10.5. The summed E-state index contributed by atoms with van der Waals surface area (Å²) in [6, 6.07) is 24.4. The second-order valence-electron chi connectivity index (χ2n) is 8.06. The molecule has 0 radical (unpaired) electrons. The van der Waals surface area contributed by atoms with Crippen molar-refractivity contribution in [1.29, 1.82) is 0 Å². The molecule has 0 fully saturated rings. The number of likely N-dealkylation sites (N-methyl/N-ethyl adjacent to an activating group) is 1. The van der Waals surface area contributed by atoms with Crippen molar-refractivity contribution in [3.05, 3.63) is 101 Å². The van der Waals surface area contributed by atoms with Gasteiger partial charge >= 0.3 is 0 Å². The smallest absolute Gasteiger partial charge is 0.243 e. The van der Waals surface area contributed by atoms with E-state index in [2.05, 4.69) is 5.32 Å². The number of hydrogen-bond acceptors (Lipinski definition) is 4. The molecule has 1 atom stereocenters. The van der Waals surface area contributed by atoms with E-state index in [1.807, 2.05) is 85.8 Å². The molecule has 3 aromatic rings. The molecule has 0 saturated carbocycles. The molecular weight excluding hydrogens is 480 g/mol. The lowest BCUT2D eigenvalue weighted by molar-refractivity contribution is -0.139. The first-order valence-corrected chi connectivity index (χ1v) is 13.1. The first-order valence-electron chi connectivity index (χ1n) is 11.6. The minimum Gasteiger partial charge on any atom is -0.497 e. The molecule has 0 heterocycles. The minimum atomic E-state index is -0.642. The number of halogens is 1. The summed E-state index contributed by atoms with van der Waals surface area (Å²) in [4.78, 5) is 28.5. The van der Waals surface area contributed by atoms with E-state index in [1.165, 1.54) is 11.8 Å². The first kappa shape index (κ1) is 26.6. The van der Waals surface area contributed by atoms with E-state index in [9.17, 15) is 9.59 Å². The van der Waals surface area contributed by atoms with Crippen molar-refractivity contribution in [3.63, 3.8) is 0 Å². The number of methoxy groups -OCH3 is 1. The van der Waals surface area contributed by atoms with Gasteiger partial charge in [-0.25, -0.2) is 0 Å². The van der Waals surface area contributed by atoms with E-state index in [1.54, 1.807) is 12.0 Å². The topological polar surface area (TPSA) is 58.6 Å². The maximum absolute atomic E-state index is 13.6. The lowest BCUT2D eigenvalue weighted by Gasteiger charge is -2.31. The van der Waals surface area contributed by atoms with Gasteiger partial charge in [0, 0.05) is 30.3 Å². The van der Waals surface area contributed by atoms with Crippen molar-refractivity contribution >= 4 is 35.2 Å². The van der Waals surface area contributed by atoms with Gasteiger partial charge in [0.25, 0.3) is 0 Å². The summed E-state index contributed by atoms with van der Waals surface area (Å²) in [5.41, 5.74) is 2.88. The monoisotopic (exact) mass is 510 g/mol. The van der Waals surface area contributed by atoms with Gasteiger partial charge in [0.1, 0.15) is 11.8 Å². The largest absolute Gasteiger partial charge is 0.497 e. The van der Waals surface area contributed by atoms with E-state index in [4.69, 9.17) is 16.3 Å². The summed E-state index contributed by atoms with van der Waals surface area (Å²) in [7, 11) is 1.61. The van der Waals surface area contributed by atoms with Crippen LogP contribution in [0.15, 0.2) is 78.9 Å². The molecule has 0 unspecified atom stereocenters. The van der Waals surface area contributed by atoms with E-state index < -0.39 is 6.04 Å². The van der Waals surface area contributed by atoms with Gasteiger partial charge in [-0.3, -0.25) is 9.59 Å². The summed E-state index contributed by atoms with van der Waals surface area (Å²) in [6.45, 7) is 2.68. The third kappa shape index (κ3) is 8.05. The molecule has 184 valence electrons. The fourth-order valence-corrected chi connectivity index (χ4v) is 4.96. The number of nitrogens with zero attached hydrogens (tertiary/aromatic N) is 1. The van der Waals surface area contributed by atoms with E-state index in [0.29, 0.717) is 36.0 Å². The molecule has 0 aliphatic heterocycles. The Bertz CT molecular complexity index is 1110. The van der Waals surface area contributed by atoms with Gasteiger partial charge < -0.3 is 15.0 Å². The number of thioether (sulfide) groups is 1. The Labute approximate surface area is 216 Å². The van der Waals surface area contributed by atoms with Crippen LogP contribution in [0.5, 0.6) is 5.75 Å². The Morgan fingerprint density at radius 3 is 2.43 bits per heavy atom. The van der Waals surface area contributed by atoms with Crippen LogP contribution in [-0.2, 0) is 28.3 Å². The molecule has 1 N–H and O–H groups in total. The van der Waals surface area contributed by atoms with E-state index in [0.717, 1.165) is 16.7 Å². The van der Waals surface area contributed by atoms with Crippen LogP contribution in [0.4, 0.5) is 0 Å². The highest BCUT2D eigenvalue weighted by Gasteiger charge is 2.30. The van der Waals surface area contributed by atoms with E-state index >= 15 is 0 Å². The molecule has 35 heavy (non-hydrogen) atoms. The number of amides is 2. The highest BCUT2D eigenvalue weighted by atomic mass is 35.5. The highest BCUT2D eigenvalue weighted by Crippen LogP contribution is 2.23. The molecule has 0 aliphatic carbocycles. The van der Waals surface area contributed by atoms with Crippen molar-refractivity contribution < 1.29 is 14.3 Å². The van der Waals surface area contributed by atoms with Crippen LogP contribution in [0, 0.1) is 0 Å². The summed E-state index contributed by atoms with van der Waals surface area (Å²) in [5, 5.41) is 3.60. The number of rotatable bonds is 12. The second-order valence-corrected chi connectivity index (χ2v) is 9.45. The van der Waals surface area contributed by atoms with Gasteiger partial charge in [0.2, 0.25) is 11.8 Å². The number of nitrogens with one attached hydrogen (secondary N) is 1. The molecule has 0 aromatic heterocycles. The van der Waals surface area contributed by atoms with Crippen molar-refractivity contribution in [2.45, 2.75) is 31.7 Å². The van der Waals surface area contributed by atoms with Crippen LogP contribution in [0.2, 0.25) is 5.02 Å². The van der Waals surface area contributed by atoms with Crippen molar-refractivity contribution in [2.24, 2.45) is 0 Å². The lowest BCUT2D eigenvalue weighted by Crippen LogP contribution is -2.51. The van der Waals surface area contributed by atoms with Gasteiger partial charge in [-0.2, -0.15) is 0 Å². The van der Waals surface area contributed by atoms with Gasteiger partial charge in [-0.15, -0.1) is 11.8 Å². The van der Waals surface area contributed by atoms with Crippen LogP contribution in [-0.4, -0.2) is 42.2 Å². The number of carbonyl (C=O) groups excluding carboxylic acids is 2. The van der Waals surface area contributed by atoms with Crippen molar-refractivity contribution in [3.8, 4) is 5.75 Å². The summed E-state index contributed by atoms with van der Waals surface area (Å²) in [6.07, 6.45) is 0.428. The zero-order valence-corrected chi connectivity index (χ0v) is 21.6. The summed E-state index contributed by atoms with van der Waals surface area (Å²) in [5.74, 6) is 1.30. The molecule has 0 aliphatic rings. The molecule has 3 aromatic carbocycles. The number of carbonyl (C=O) groups is 2. The third-order valence-corrected chi connectivity index (χ3v) is 6.89. The number of ether oxygens (including phenoxy) is 1. The zero-order valence-electron chi connectivity index (χ0n) is 20.1. The van der Waals surface area contributed by atoms with Crippen molar-refractivity contribution in [1.82, 2.24) is 10.2 Å². The fourth-order valence-electron chi connectivity index (χ4n) is 3.76. The Hall–Kier alpha value is -2.96. The Morgan fingerprint density at radius 1 is 1.00 bits per heavy atom. The predicted octanol–water partition coefficient (Wildman–Crippen LogP) is 5.36. The van der Waals surface area contributed by atoms with Gasteiger partial charge in [-0.05, 0) is 41.8 Å². The predicted molar refractivity (Wildman–Crippen MR) is 144 cm³/mol. The standard InChI is InChI=1S/C28H31ClN2O3S/c1-3-30-28(33)26(17-21-10-5-4-6-11-21)31(18-22-12-9-14-24(16-22)34-2)27(32)20-35-19-23-13-7-8-15-25(23)29/h4-16,26H,3,17-20H2,1-2H3,(H,30,33)/t26-/m1/s1. The molecule has 0 bridgehead atoms. The summed E-state index contributed by atoms with van der Waals surface area (Å²) >= 11 is 7.77. The summed E-state index contributed by atoms with van der Waals surface area (Å²) < 4.78 is 5.36. The molecule has 5 nitrogen and oxygen atoms in total. The second kappa shape index (κ2) is 13.8. The average Bonchev–Trinajstić information content (AvgIpc) is 2.88. The SMILES string of the molecule is CCNC(=O)[C@@H](Cc1ccccc1)N(Cc1cccc(OC)c1)C(=O)CSCc1ccccc1Cl. The molecular formula is C28H31ClN2O3S.